The minimum Gasteiger partial charge on any atom is -0.491 e. The van der Waals surface area contributed by atoms with Crippen LogP contribution in [0, 0.1) is 0 Å². The van der Waals surface area contributed by atoms with Crippen LogP contribution in [0.15, 0.2) is 66.7 Å². The average Bonchev–Trinajstić information content (AvgIpc) is 2.82. The van der Waals surface area contributed by atoms with Crippen molar-refractivity contribution in [3.05, 3.63) is 99.6 Å². The fourth-order valence-corrected chi connectivity index (χ4v) is 4.31. The van der Waals surface area contributed by atoms with Crippen LogP contribution in [0.4, 0.5) is 0 Å². The van der Waals surface area contributed by atoms with Gasteiger partial charge in [0.15, 0.2) is 0 Å². The summed E-state index contributed by atoms with van der Waals surface area (Å²) in [5.41, 5.74) is 5.75. The van der Waals surface area contributed by atoms with Crippen LogP contribution in [-0.2, 0) is 28.9 Å². The van der Waals surface area contributed by atoms with Crippen LogP contribution in [0.1, 0.15) is 47.6 Å². The van der Waals surface area contributed by atoms with Crippen molar-refractivity contribution in [2.45, 2.75) is 39.2 Å². The SMILES string of the molecule is CC(C)c1ccc2c(c1)Cc1cccc(c1)CN(C(=O)Cc1ccc(Cl)cc1)CCOCCO2. The molecule has 2 bridgehead atoms. The van der Waals surface area contributed by atoms with Crippen molar-refractivity contribution >= 4 is 17.5 Å². The van der Waals surface area contributed by atoms with Crippen molar-refractivity contribution in [1.82, 2.24) is 4.90 Å². The Morgan fingerprint density at radius 1 is 0.971 bits per heavy atom. The summed E-state index contributed by atoms with van der Waals surface area (Å²) in [6.45, 7) is 6.92. The second kappa shape index (κ2) is 11.5. The molecule has 178 valence electrons. The van der Waals surface area contributed by atoms with E-state index in [0.29, 0.717) is 50.3 Å². The molecule has 0 unspecified atom stereocenters. The van der Waals surface area contributed by atoms with Gasteiger partial charge in [0, 0.05) is 24.5 Å². The molecular formula is C29H32ClNO3. The van der Waals surface area contributed by atoms with E-state index in [-0.39, 0.29) is 5.91 Å². The van der Waals surface area contributed by atoms with Gasteiger partial charge in [-0.05, 0) is 51.9 Å². The number of nitrogens with zero attached hydrogens (tertiary/aromatic N) is 1. The molecule has 0 aromatic heterocycles. The molecule has 0 fully saturated rings. The maximum absolute atomic E-state index is 13.2. The topological polar surface area (TPSA) is 38.8 Å². The van der Waals surface area contributed by atoms with E-state index in [1.807, 2.05) is 29.2 Å². The Morgan fingerprint density at radius 3 is 2.56 bits per heavy atom. The van der Waals surface area contributed by atoms with Crippen molar-refractivity contribution in [2.24, 2.45) is 0 Å². The molecule has 3 aromatic carbocycles. The Morgan fingerprint density at radius 2 is 1.76 bits per heavy atom. The number of amides is 1. The molecule has 3 aromatic rings. The minimum atomic E-state index is 0.0755. The lowest BCUT2D eigenvalue weighted by molar-refractivity contribution is -0.131. The van der Waals surface area contributed by atoms with Gasteiger partial charge in [0.1, 0.15) is 12.4 Å². The summed E-state index contributed by atoms with van der Waals surface area (Å²) < 4.78 is 11.9. The summed E-state index contributed by atoms with van der Waals surface area (Å²) >= 11 is 6.00. The highest BCUT2D eigenvalue weighted by atomic mass is 35.5. The molecule has 0 spiro atoms. The Hall–Kier alpha value is -2.82. The number of fused-ring (bicyclic) bond motifs is 3. The lowest BCUT2D eigenvalue weighted by atomic mass is 9.96. The van der Waals surface area contributed by atoms with Crippen molar-refractivity contribution in [3.8, 4) is 5.75 Å². The molecule has 0 atom stereocenters. The van der Waals surface area contributed by atoms with E-state index >= 15 is 0 Å². The largest absolute Gasteiger partial charge is 0.491 e. The van der Waals surface area contributed by atoms with Crippen LogP contribution in [-0.4, -0.2) is 37.2 Å². The third-order valence-corrected chi connectivity index (χ3v) is 6.37. The molecule has 34 heavy (non-hydrogen) atoms. The number of hydrogen-bond donors (Lipinski definition) is 0. The lowest BCUT2D eigenvalue weighted by Gasteiger charge is -2.24. The Labute approximate surface area is 207 Å². The van der Waals surface area contributed by atoms with Gasteiger partial charge >= 0.3 is 0 Å². The number of halogens is 1. The van der Waals surface area contributed by atoms with E-state index in [2.05, 4.69) is 56.3 Å². The molecule has 1 aliphatic heterocycles. The van der Waals surface area contributed by atoms with Gasteiger partial charge < -0.3 is 14.4 Å². The van der Waals surface area contributed by atoms with E-state index < -0.39 is 0 Å². The molecule has 1 aliphatic rings. The second-order valence-electron chi connectivity index (χ2n) is 9.10. The molecule has 5 heteroatoms. The monoisotopic (exact) mass is 477 g/mol. The van der Waals surface area contributed by atoms with Gasteiger partial charge in [-0.2, -0.15) is 0 Å². The van der Waals surface area contributed by atoms with Gasteiger partial charge in [-0.25, -0.2) is 0 Å². The highest BCUT2D eigenvalue weighted by Crippen LogP contribution is 2.27. The molecule has 1 amide bonds. The van der Waals surface area contributed by atoms with Gasteiger partial charge in [0.25, 0.3) is 0 Å². The molecule has 0 saturated heterocycles. The number of benzene rings is 3. The Balaban J connectivity index is 1.57. The van der Waals surface area contributed by atoms with Gasteiger partial charge in [0.05, 0.1) is 19.6 Å². The highest BCUT2D eigenvalue weighted by molar-refractivity contribution is 6.30. The van der Waals surface area contributed by atoms with Crippen LogP contribution in [0.3, 0.4) is 0 Å². The van der Waals surface area contributed by atoms with E-state index in [1.54, 1.807) is 0 Å². The first kappa shape index (κ1) is 24.3. The van der Waals surface area contributed by atoms with Crippen molar-refractivity contribution in [1.29, 1.82) is 0 Å². The van der Waals surface area contributed by atoms with Gasteiger partial charge in [-0.3, -0.25) is 4.79 Å². The number of rotatable bonds is 3. The Kier molecular flexibility index (Phi) is 8.25. The van der Waals surface area contributed by atoms with Gasteiger partial charge in [0.2, 0.25) is 5.91 Å². The van der Waals surface area contributed by atoms with Crippen molar-refractivity contribution in [2.75, 3.05) is 26.4 Å². The smallest absolute Gasteiger partial charge is 0.227 e. The zero-order valence-electron chi connectivity index (χ0n) is 19.9. The summed E-state index contributed by atoms with van der Waals surface area (Å²) in [6.07, 6.45) is 1.12. The molecule has 0 radical (unpaired) electrons. The standard InChI is InChI=1S/C29H32ClNO3/c1-21(2)25-8-11-28-26(19-25)17-23-4-3-5-24(16-23)20-31(12-13-33-14-15-34-28)29(32)18-22-6-9-27(30)10-7-22/h3-11,16,19,21H,12-15,17-18,20H2,1-2H3. The summed E-state index contributed by atoms with van der Waals surface area (Å²) in [7, 11) is 0. The molecule has 0 aliphatic carbocycles. The van der Waals surface area contributed by atoms with E-state index in [4.69, 9.17) is 21.1 Å². The summed E-state index contributed by atoms with van der Waals surface area (Å²) in [6, 6.07) is 22.4. The molecule has 0 saturated carbocycles. The zero-order chi connectivity index (χ0) is 23.9. The van der Waals surface area contributed by atoms with Crippen molar-refractivity contribution in [3.63, 3.8) is 0 Å². The normalized spacial score (nSPS) is 14.8. The first-order valence-electron chi connectivity index (χ1n) is 11.9. The van der Waals surface area contributed by atoms with Crippen LogP contribution in [0.5, 0.6) is 5.75 Å². The quantitative estimate of drug-likeness (QED) is 0.462. The average molecular weight is 478 g/mol. The number of ether oxygens (including phenoxy) is 2. The van der Waals surface area contributed by atoms with Gasteiger partial charge in [-0.1, -0.05) is 74.0 Å². The fraction of sp³-hybridized carbons (Fsp3) is 0.345. The Bertz CT molecular complexity index is 1110. The maximum atomic E-state index is 13.2. The molecular weight excluding hydrogens is 446 g/mol. The molecule has 1 heterocycles. The molecule has 0 N–H and O–H groups in total. The van der Waals surface area contributed by atoms with Crippen LogP contribution in [0.25, 0.3) is 0 Å². The van der Waals surface area contributed by atoms with E-state index in [9.17, 15) is 4.79 Å². The molecule has 4 rings (SSSR count). The first-order chi connectivity index (χ1) is 16.5. The highest BCUT2D eigenvalue weighted by Gasteiger charge is 2.16. The predicted molar refractivity (Wildman–Crippen MR) is 137 cm³/mol. The first-order valence-corrected chi connectivity index (χ1v) is 12.3. The lowest BCUT2D eigenvalue weighted by Crippen LogP contribution is -2.35. The third-order valence-electron chi connectivity index (χ3n) is 6.12. The fourth-order valence-electron chi connectivity index (χ4n) is 4.18. The second-order valence-corrected chi connectivity index (χ2v) is 9.53. The van der Waals surface area contributed by atoms with Crippen LogP contribution < -0.4 is 4.74 Å². The van der Waals surface area contributed by atoms with E-state index in [1.165, 1.54) is 16.7 Å². The number of carbonyl (C=O) groups excluding carboxylic acids is 1. The zero-order valence-corrected chi connectivity index (χ0v) is 20.7. The summed E-state index contributed by atoms with van der Waals surface area (Å²) in [5, 5.41) is 0.670. The van der Waals surface area contributed by atoms with Crippen LogP contribution >= 0.6 is 11.6 Å². The number of hydrogen-bond acceptors (Lipinski definition) is 3. The third kappa shape index (κ3) is 6.62. The minimum absolute atomic E-state index is 0.0755. The maximum Gasteiger partial charge on any atom is 0.227 e. The summed E-state index contributed by atoms with van der Waals surface area (Å²) in [5.74, 6) is 1.44. The van der Waals surface area contributed by atoms with Crippen LogP contribution in [0.2, 0.25) is 5.02 Å². The van der Waals surface area contributed by atoms with E-state index in [0.717, 1.165) is 23.3 Å². The molecule has 4 nitrogen and oxygen atoms in total. The predicted octanol–water partition coefficient (Wildman–Crippen LogP) is 6.03. The van der Waals surface area contributed by atoms with Crippen molar-refractivity contribution < 1.29 is 14.3 Å². The van der Waals surface area contributed by atoms with Gasteiger partial charge in [-0.15, -0.1) is 0 Å². The summed E-state index contributed by atoms with van der Waals surface area (Å²) in [4.78, 5) is 15.0. The number of carbonyl (C=O) groups is 1.